The van der Waals surface area contributed by atoms with Gasteiger partial charge in [-0.15, -0.1) is 0 Å². The fraction of sp³-hybridized carbons (Fsp3) is 0.462. The van der Waals surface area contributed by atoms with Crippen LogP contribution in [0.25, 0.3) is 0 Å². The molecule has 2 unspecified atom stereocenters. The quantitative estimate of drug-likeness (QED) is 0.511. The molecule has 0 fully saturated rings. The molecule has 1 aromatic carbocycles. The topological polar surface area (TPSA) is 108 Å². The molecular weight excluding hydrogens is 282 g/mol. The van der Waals surface area contributed by atoms with E-state index in [1.807, 2.05) is 6.92 Å². The molecule has 0 saturated heterocycles. The van der Waals surface area contributed by atoms with Crippen LogP contribution < -0.4 is 9.47 Å². The van der Waals surface area contributed by atoms with Crippen LogP contribution in [-0.2, 0) is 9.53 Å². The van der Waals surface area contributed by atoms with Crippen LogP contribution in [0.5, 0.6) is 11.5 Å². The highest BCUT2D eigenvalue weighted by atomic mass is 16.7. The number of methoxy groups -OCH3 is 1. The zero-order valence-electron chi connectivity index (χ0n) is 11.6. The largest absolute Gasteiger partial charge is 0.493 e. The summed E-state index contributed by atoms with van der Waals surface area (Å²) in [5.41, 5.74) is -0.300. The number of nitrogens with zero attached hydrogens (tertiary/aromatic N) is 1. The Morgan fingerprint density at radius 2 is 2.14 bits per heavy atom. The Labute approximate surface area is 120 Å². The Kier molecular flexibility index (Phi) is 4.27. The number of esters is 1. The van der Waals surface area contributed by atoms with Crippen molar-refractivity contribution in [1.29, 1.82) is 0 Å². The van der Waals surface area contributed by atoms with Gasteiger partial charge < -0.3 is 19.3 Å². The minimum atomic E-state index is -1.64. The summed E-state index contributed by atoms with van der Waals surface area (Å²) < 4.78 is 15.5. The second kappa shape index (κ2) is 5.96. The fourth-order valence-electron chi connectivity index (χ4n) is 2.05. The van der Waals surface area contributed by atoms with Gasteiger partial charge in [-0.1, -0.05) is 13.3 Å². The minimum Gasteiger partial charge on any atom is -0.493 e. The van der Waals surface area contributed by atoms with E-state index in [9.17, 15) is 20.0 Å². The normalized spacial score (nSPS) is 20.8. The molecule has 1 aliphatic rings. The van der Waals surface area contributed by atoms with E-state index in [0.717, 1.165) is 6.07 Å². The van der Waals surface area contributed by atoms with Crippen LogP contribution in [0.3, 0.4) is 0 Å². The molecular formula is C13H15NO7. The third-order valence-electron chi connectivity index (χ3n) is 3.07. The highest BCUT2D eigenvalue weighted by Crippen LogP contribution is 2.41. The van der Waals surface area contributed by atoms with Crippen molar-refractivity contribution in [3.8, 4) is 11.5 Å². The van der Waals surface area contributed by atoms with Gasteiger partial charge in [0.05, 0.1) is 23.7 Å². The Hall–Kier alpha value is -2.35. The van der Waals surface area contributed by atoms with Gasteiger partial charge in [0.25, 0.3) is 5.69 Å². The molecule has 8 heteroatoms. The third kappa shape index (κ3) is 2.89. The molecule has 0 spiro atoms. The second-order valence-electron chi connectivity index (χ2n) is 4.51. The molecule has 0 bridgehead atoms. The van der Waals surface area contributed by atoms with Crippen molar-refractivity contribution in [3.05, 3.63) is 27.8 Å². The van der Waals surface area contributed by atoms with E-state index in [4.69, 9.17) is 14.2 Å². The molecule has 0 aliphatic carbocycles. The smallest absolute Gasteiger partial charge is 0.349 e. The molecule has 0 amide bonds. The minimum absolute atomic E-state index is 0.00648. The number of carbonyl (C=O) groups excluding carboxylic acids is 1. The van der Waals surface area contributed by atoms with Crippen molar-refractivity contribution in [2.45, 2.75) is 32.2 Å². The monoisotopic (exact) mass is 297 g/mol. The maximum absolute atomic E-state index is 11.8. The van der Waals surface area contributed by atoms with Gasteiger partial charge in [0.15, 0.2) is 17.6 Å². The van der Waals surface area contributed by atoms with Crippen LogP contribution in [0.2, 0.25) is 0 Å². The first-order valence-corrected chi connectivity index (χ1v) is 6.39. The van der Waals surface area contributed by atoms with E-state index in [0.29, 0.717) is 12.8 Å². The van der Waals surface area contributed by atoms with E-state index in [1.54, 1.807) is 0 Å². The standard InChI is InChI=1S/C13H15NO7/c1-3-4-9-13(16)21-12(15)8-5-7(14(17)18)6-10(19-2)11(8)20-9/h5-6,9,12,15H,3-4H2,1-2H3. The van der Waals surface area contributed by atoms with Crippen LogP contribution in [0.15, 0.2) is 12.1 Å². The van der Waals surface area contributed by atoms with Gasteiger partial charge >= 0.3 is 5.97 Å². The van der Waals surface area contributed by atoms with Crippen molar-refractivity contribution in [2.24, 2.45) is 0 Å². The average molecular weight is 297 g/mol. The van der Waals surface area contributed by atoms with Gasteiger partial charge in [-0.2, -0.15) is 0 Å². The van der Waals surface area contributed by atoms with E-state index >= 15 is 0 Å². The number of ether oxygens (including phenoxy) is 3. The number of cyclic esters (lactones) is 1. The lowest BCUT2D eigenvalue weighted by Crippen LogP contribution is -2.27. The van der Waals surface area contributed by atoms with Gasteiger partial charge in [-0.25, -0.2) is 4.79 Å². The number of fused-ring (bicyclic) bond motifs is 1. The summed E-state index contributed by atoms with van der Waals surface area (Å²) in [6, 6.07) is 2.27. The lowest BCUT2D eigenvalue weighted by molar-refractivity contribution is -0.385. The zero-order valence-corrected chi connectivity index (χ0v) is 11.6. The Balaban J connectivity index is 2.54. The van der Waals surface area contributed by atoms with Crippen LogP contribution >= 0.6 is 0 Å². The SMILES string of the molecule is CCCC1Oc2c(OC)cc([N+](=O)[O-])cc2C(O)OC1=O. The van der Waals surface area contributed by atoms with Gasteiger partial charge in [0, 0.05) is 6.07 Å². The molecule has 1 aromatic rings. The number of aliphatic hydroxyl groups excluding tert-OH is 1. The molecule has 2 rings (SSSR count). The van der Waals surface area contributed by atoms with Crippen LogP contribution in [0.4, 0.5) is 5.69 Å². The first-order chi connectivity index (χ1) is 9.97. The number of aliphatic hydroxyl groups is 1. The van der Waals surface area contributed by atoms with Crippen molar-refractivity contribution in [2.75, 3.05) is 7.11 Å². The predicted octanol–water partition coefficient (Wildman–Crippen LogP) is 1.70. The molecule has 21 heavy (non-hydrogen) atoms. The summed E-state index contributed by atoms with van der Waals surface area (Å²) >= 11 is 0. The van der Waals surface area contributed by atoms with E-state index in [-0.39, 0.29) is 22.7 Å². The zero-order chi connectivity index (χ0) is 15.6. The number of non-ortho nitro benzene ring substituents is 1. The van der Waals surface area contributed by atoms with Crippen molar-refractivity contribution < 1.29 is 29.0 Å². The molecule has 114 valence electrons. The molecule has 0 saturated carbocycles. The number of hydrogen-bond acceptors (Lipinski definition) is 7. The highest BCUT2D eigenvalue weighted by molar-refractivity contribution is 5.76. The fourth-order valence-corrected chi connectivity index (χ4v) is 2.05. The first kappa shape index (κ1) is 15.0. The predicted molar refractivity (Wildman–Crippen MR) is 70.0 cm³/mol. The molecule has 8 nitrogen and oxygen atoms in total. The molecule has 1 N–H and O–H groups in total. The number of nitro groups is 1. The summed E-state index contributed by atoms with van der Waals surface area (Å²) in [7, 11) is 1.32. The van der Waals surface area contributed by atoms with Gasteiger partial charge in [0.1, 0.15) is 0 Å². The lowest BCUT2D eigenvalue weighted by atomic mass is 10.1. The molecule has 0 radical (unpaired) electrons. The number of carbonyl (C=O) groups is 1. The van der Waals surface area contributed by atoms with E-state index in [2.05, 4.69) is 0 Å². The number of hydrogen-bond donors (Lipinski definition) is 1. The Morgan fingerprint density at radius 3 is 2.71 bits per heavy atom. The lowest BCUT2D eigenvalue weighted by Gasteiger charge is -2.15. The Morgan fingerprint density at radius 1 is 1.43 bits per heavy atom. The summed E-state index contributed by atoms with van der Waals surface area (Å²) in [4.78, 5) is 22.1. The summed E-state index contributed by atoms with van der Waals surface area (Å²) in [5.74, 6) is -0.567. The summed E-state index contributed by atoms with van der Waals surface area (Å²) in [6.07, 6.45) is -1.46. The van der Waals surface area contributed by atoms with Crippen LogP contribution in [-0.4, -0.2) is 29.2 Å². The van der Waals surface area contributed by atoms with Gasteiger partial charge in [0.2, 0.25) is 6.29 Å². The first-order valence-electron chi connectivity index (χ1n) is 6.39. The molecule has 1 aliphatic heterocycles. The summed E-state index contributed by atoms with van der Waals surface area (Å²) in [5, 5.41) is 20.8. The van der Waals surface area contributed by atoms with Crippen molar-refractivity contribution in [3.63, 3.8) is 0 Å². The number of nitro benzene ring substituents is 1. The Bertz CT molecular complexity index is 572. The van der Waals surface area contributed by atoms with Crippen molar-refractivity contribution in [1.82, 2.24) is 0 Å². The molecule has 0 aromatic heterocycles. The average Bonchev–Trinajstić information content (AvgIpc) is 2.56. The van der Waals surface area contributed by atoms with Crippen molar-refractivity contribution >= 4 is 11.7 Å². The van der Waals surface area contributed by atoms with E-state index < -0.39 is 23.3 Å². The highest BCUT2D eigenvalue weighted by Gasteiger charge is 2.34. The van der Waals surface area contributed by atoms with Crippen LogP contribution in [0.1, 0.15) is 31.6 Å². The molecule has 1 heterocycles. The second-order valence-corrected chi connectivity index (χ2v) is 4.51. The maximum atomic E-state index is 11.8. The molecule has 2 atom stereocenters. The van der Waals surface area contributed by atoms with Crippen LogP contribution in [0, 0.1) is 10.1 Å². The summed E-state index contributed by atoms with van der Waals surface area (Å²) in [6.45, 7) is 1.87. The number of rotatable bonds is 4. The van der Waals surface area contributed by atoms with Gasteiger partial charge in [-0.05, 0) is 6.42 Å². The van der Waals surface area contributed by atoms with Gasteiger partial charge in [-0.3, -0.25) is 10.1 Å². The number of benzene rings is 1. The van der Waals surface area contributed by atoms with E-state index in [1.165, 1.54) is 13.2 Å². The third-order valence-corrected chi connectivity index (χ3v) is 3.07. The maximum Gasteiger partial charge on any atom is 0.349 e.